The molecule has 2 rings (SSSR count). The fourth-order valence-corrected chi connectivity index (χ4v) is 2.85. The van der Waals surface area contributed by atoms with E-state index >= 15 is 0 Å². The Bertz CT molecular complexity index is 403. The summed E-state index contributed by atoms with van der Waals surface area (Å²) in [6.07, 6.45) is 9.48. The predicted octanol–water partition coefficient (Wildman–Crippen LogP) is 2.96. The van der Waals surface area contributed by atoms with Crippen LogP contribution in [0.25, 0.3) is 0 Å². The molecule has 0 aliphatic heterocycles. The largest absolute Gasteiger partial charge is 0.466 e. The number of carbonyl (C=O) groups excluding carboxylic acids is 1. The van der Waals surface area contributed by atoms with Crippen LogP contribution in [0.15, 0.2) is 22.8 Å². The fraction of sp³-hybridized carbons (Fsp3) is 0.688. The molecule has 20 heavy (non-hydrogen) atoms. The maximum Gasteiger partial charge on any atom is 0.220 e. The van der Waals surface area contributed by atoms with E-state index in [-0.39, 0.29) is 12.5 Å². The maximum atomic E-state index is 12.0. The third-order valence-electron chi connectivity index (χ3n) is 4.13. The van der Waals surface area contributed by atoms with Crippen molar-refractivity contribution >= 4 is 5.91 Å². The molecule has 112 valence electrons. The molecule has 4 heteroatoms. The molecule has 1 aromatic rings. The summed E-state index contributed by atoms with van der Waals surface area (Å²) in [6, 6.07) is 3.45. The Morgan fingerprint density at radius 2 is 2.10 bits per heavy atom. The third kappa shape index (κ3) is 4.37. The van der Waals surface area contributed by atoms with Crippen LogP contribution in [0.4, 0.5) is 0 Å². The lowest BCUT2D eigenvalue weighted by molar-refractivity contribution is -0.123. The van der Waals surface area contributed by atoms with Gasteiger partial charge in [0.2, 0.25) is 5.91 Å². The number of rotatable bonds is 5. The monoisotopic (exact) mass is 279 g/mol. The van der Waals surface area contributed by atoms with Crippen molar-refractivity contribution in [2.45, 2.75) is 57.5 Å². The van der Waals surface area contributed by atoms with Crippen LogP contribution in [0.2, 0.25) is 0 Å². The number of hydrogen-bond donors (Lipinski definition) is 2. The van der Waals surface area contributed by atoms with Gasteiger partial charge in [0.15, 0.2) is 0 Å². The lowest BCUT2D eigenvalue weighted by Crippen LogP contribution is -2.38. The molecule has 0 bridgehead atoms. The Morgan fingerprint density at radius 3 is 2.70 bits per heavy atom. The molecule has 0 aromatic carbocycles. The van der Waals surface area contributed by atoms with Gasteiger partial charge in [0.1, 0.15) is 11.4 Å². The van der Waals surface area contributed by atoms with Crippen molar-refractivity contribution < 1.29 is 14.3 Å². The lowest BCUT2D eigenvalue weighted by Gasteiger charge is -2.22. The normalized spacial score (nSPS) is 20.1. The van der Waals surface area contributed by atoms with E-state index in [0.717, 1.165) is 12.8 Å². The first-order valence-electron chi connectivity index (χ1n) is 7.61. The van der Waals surface area contributed by atoms with Crippen LogP contribution in [-0.4, -0.2) is 17.6 Å². The quantitative estimate of drug-likeness (QED) is 0.815. The molecule has 1 unspecified atom stereocenters. The Balaban J connectivity index is 1.77. The first kappa shape index (κ1) is 15.1. The van der Waals surface area contributed by atoms with Crippen LogP contribution in [0.3, 0.4) is 0 Å². The Morgan fingerprint density at radius 1 is 1.40 bits per heavy atom. The van der Waals surface area contributed by atoms with E-state index in [1.165, 1.54) is 31.9 Å². The molecule has 0 spiro atoms. The highest BCUT2D eigenvalue weighted by Gasteiger charge is 2.27. The average Bonchev–Trinajstić information content (AvgIpc) is 2.85. The zero-order valence-electron chi connectivity index (χ0n) is 12.2. The van der Waals surface area contributed by atoms with Crippen molar-refractivity contribution in [3.8, 4) is 0 Å². The molecule has 1 saturated carbocycles. The molecule has 1 amide bonds. The average molecular weight is 279 g/mol. The standard InChI is InChI=1S/C16H25NO3/c1-16(19,14-9-6-10-20-14)12-17-15(18)11-13-7-4-2-3-5-8-13/h6,9-10,13,19H,2-5,7-8,11-12H2,1H3,(H,17,18). The van der Waals surface area contributed by atoms with Gasteiger partial charge in [-0.25, -0.2) is 0 Å². The zero-order valence-corrected chi connectivity index (χ0v) is 12.2. The van der Waals surface area contributed by atoms with Crippen molar-refractivity contribution in [1.82, 2.24) is 5.32 Å². The first-order valence-corrected chi connectivity index (χ1v) is 7.61. The minimum Gasteiger partial charge on any atom is -0.466 e. The fourth-order valence-electron chi connectivity index (χ4n) is 2.85. The van der Waals surface area contributed by atoms with Crippen molar-refractivity contribution in [3.63, 3.8) is 0 Å². The van der Waals surface area contributed by atoms with Gasteiger partial charge in [0, 0.05) is 6.42 Å². The smallest absolute Gasteiger partial charge is 0.220 e. The summed E-state index contributed by atoms with van der Waals surface area (Å²) in [5.41, 5.74) is -1.15. The van der Waals surface area contributed by atoms with Crippen molar-refractivity contribution in [2.75, 3.05) is 6.54 Å². The summed E-state index contributed by atoms with van der Waals surface area (Å²) < 4.78 is 5.20. The second-order valence-electron chi connectivity index (χ2n) is 6.09. The van der Waals surface area contributed by atoms with E-state index < -0.39 is 5.60 Å². The Labute approximate surface area is 120 Å². The molecule has 2 N–H and O–H groups in total. The highest BCUT2D eigenvalue weighted by molar-refractivity contribution is 5.76. The van der Waals surface area contributed by atoms with Crippen LogP contribution in [0, 0.1) is 5.92 Å². The number of carbonyl (C=O) groups is 1. The lowest BCUT2D eigenvalue weighted by atomic mass is 9.96. The molecule has 1 aliphatic carbocycles. The predicted molar refractivity (Wildman–Crippen MR) is 77.1 cm³/mol. The van der Waals surface area contributed by atoms with E-state index in [1.807, 2.05) is 0 Å². The summed E-state index contributed by atoms with van der Waals surface area (Å²) in [5.74, 6) is 1.02. The second-order valence-corrected chi connectivity index (χ2v) is 6.09. The van der Waals surface area contributed by atoms with Crippen LogP contribution in [0.1, 0.15) is 57.6 Å². The van der Waals surface area contributed by atoms with Gasteiger partial charge in [-0.15, -0.1) is 0 Å². The molecule has 0 radical (unpaired) electrons. The van der Waals surface area contributed by atoms with Crippen molar-refractivity contribution in [3.05, 3.63) is 24.2 Å². The van der Waals surface area contributed by atoms with Crippen LogP contribution >= 0.6 is 0 Å². The molecule has 4 nitrogen and oxygen atoms in total. The van der Waals surface area contributed by atoms with E-state index in [4.69, 9.17) is 4.42 Å². The maximum absolute atomic E-state index is 12.0. The van der Waals surface area contributed by atoms with Crippen molar-refractivity contribution in [2.24, 2.45) is 5.92 Å². The van der Waals surface area contributed by atoms with Gasteiger partial charge in [-0.3, -0.25) is 4.79 Å². The van der Waals surface area contributed by atoms with E-state index in [1.54, 1.807) is 19.1 Å². The van der Waals surface area contributed by atoms with Gasteiger partial charge in [-0.05, 0) is 37.8 Å². The minimum absolute atomic E-state index is 0.0312. The van der Waals surface area contributed by atoms with Crippen LogP contribution in [0.5, 0.6) is 0 Å². The van der Waals surface area contributed by atoms with Gasteiger partial charge in [-0.1, -0.05) is 25.7 Å². The molecule has 1 atom stereocenters. The molecule has 1 heterocycles. The van der Waals surface area contributed by atoms with Crippen LogP contribution in [-0.2, 0) is 10.4 Å². The highest BCUT2D eigenvalue weighted by Crippen LogP contribution is 2.25. The highest BCUT2D eigenvalue weighted by atomic mass is 16.4. The summed E-state index contributed by atoms with van der Waals surface area (Å²) in [7, 11) is 0. The first-order chi connectivity index (χ1) is 9.58. The van der Waals surface area contributed by atoms with Gasteiger partial charge in [0.25, 0.3) is 0 Å². The molecular formula is C16H25NO3. The van der Waals surface area contributed by atoms with E-state index in [9.17, 15) is 9.90 Å². The summed E-state index contributed by atoms with van der Waals surface area (Å²) in [4.78, 5) is 12.0. The summed E-state index contributed by atoms with van der Waals surface area (Å²) in [5, 5.41) is 13.1. The van der Waals surface area contributed by atoms with Gasteiger partial charge in [0.05, 0.1) is 12.8 Å². The van der Waals surface area contributed by atoms with E-state index in [0.29, 0.717) is 18.1 Å². The van der Waals surface area contributed by atoms with Gasteiger partial charge >= 0.3 is 0 Å². The third-order valence-corrected chi connectivity index (χ3v) is 4.13. The number of hydrogen-bond acceptors (Lipinski definition) is 3. The van der Waals surface area contributed by atoms with Crippen molar-refractivity contribution in [1.29, 1.82) is 0 Å². The zero-order chi connectivity index (χ0) is 14.4. The van der Waals surface area contributed by atoms with Gasteiger partial charge in [-0.2, -0.15) is 0 Å². The minimum atomic E-state index is -1.15. The number of amides is 1. The molecule has 1 fully saturated rings. The Hall–Kier alpha value is -1.29. The molecule has 1 aliphatic rings. The number of nitrogens with one attached hydrogen (secondary N) is 1. The summed E-state index contributed by atoms with van der Waals surface area (Å²) in [6.45, 7) is 1.84. The topological polar surface area (TPSA) is 62.5 Å². The number of furan rings is 1. The second kappa shape index (κ2) is 6.93. The van der Waals surface area contributed by atoms with Crippen LogP contribution < -0.4 is 5.32 Å². The number of aliphatic hydroxyl groups is 1. The molecular weight excluding hydrogens is 254 g/mol. The van der Waals surface area contributed by atoms with Gasteiger partial charge < -0.3 is 14.8 Å². The van der Waals surface area contributed by atoms with E-state index in [2.05, 4.69) is 5.32 Å². The summed E-state index contributed by atoms with van der Waals surface area (Å²) >= 11 is 0. The molecule has 0 saturated heterocycles. The molecule has 1 aromatic heterocycles. The Kier molecular flexibility index (Phi) is 5.24. The SMILES string of the molecule is CC(O)(CNC(=O)CC1CCCCCC1)c1ccco1.